The number of carbonyl (C=O) groups is 2. The molecule has 0 aromatic heterocycles. The minimum Gasteiger partial charge on any atom is -0.479 e. The van der Waals surface area contributed by atoms with E-state index in [1.54, 1.807) is 6.92 Å². The number of aliphatic carboxylic acids is 1. The van der Waals surface area contributed by atoms with Crippen molar-refractivity contribution >= 4 is 20.1 Å². The van der Waals surface area contributed by atoms with Gasteiger partial charge in [-0.2, -0.15) is 0 Å². The van der Waals surface area contributed by atoms with Crippen molar-refractivity contribution in [1.82, 2.24) is 0 Å². The first kappa shape index (κ1) is 24.6. The van der Waals surface area contributed by atoms with E-state index in [1.165, 1.54) is 6.42 Å². The summed E-state index contributed by atoms with van der Waals surface area (Å²) in [5, 5.41) is 9.91. The minimum atomic E-state index is -2.17. The molecule has 5 atom stereocenters. The Morgan fingerprint density at radius 2 is 1.90 bits per heavy atom. The van der Waals surface area contributed by atoms with E-state index in [0.717, 1.165) is 38.5 Å². The van der Waals surface area contributed by atoms with Gasteiger partial charge in [-0.25, -0.2) is 4.79 Å². The summed E-state index contributed by atoms with van der Waals surface area (Å²) in [7, 11) is -2.17. The highest BCUT2D eigenvalue weighted by molar-refractivity contribution is 6.74. The van der Waals surface area contributed by atoms with Crippen molar-refractivity contribution in [3.05, 3.63) is 0 Å². The molecule has 0 radical (unpaired) electrons. The second kappa shape index (κ2) is 8.45. The van der Waals surface area contributed by atoms with Gasteiger partial charge in [0.15, 0.2) is 13.9 Å². The third-order valence-corrected chi connectivity index (χ3v) is 13.2. The lowest BCUT2D eigenvalue weighted by Gasteiger charge is -2.43. The van der Waals surface area contributed by atoms with Crippen molar-refractivity contribution in [2.24, 2.45) is 23.2 Å². The van der Waals surface area contributed by atoms with Crippen molar-refractivity contribution in [3.63, 3.8) is 0 Å². The SMILES string of the molecule is C[C@H](CCC[C@@](C)(O[Si](C)(C)C(C)(C)C)C(=O)O)[C@H]1CCC2C(=O)CCC[C@@]21C. The maximum atomic E-state index is 12.4. The zero-order chi connectivity index (χ0) is 22.3. The van der Waals surface area contributed by atoms with Crippen LogP contribution in [0.2, 0.25) is 18.1 Å². The monoisotopic (exact) mass is 424 g/mol. The molecule has 0 bridgehead atoms. The summed E-state index contributed by atoms with van der Waals surface area (Å²) in [5.74, 6) is 0.987. The van der Waals surface area contributed by atoms with Crippen LogP contribution in [0.15, 0.2) is 0 Å². The number of Topliss-reactive ketones (excluding diaryl/α,β-unsaturated/α-hetero) is 1. The van der Waals surface area contributed by atoms with Crippen molar-refractivity contribution in [2.45, 2.75) is 117 Å². The van der Waals surface area contributed by atoms with E-state index >= 15 is 0 Å². The van der Waals surface area contributed by atoms with Gasteiger partial charge in [0.25, 0.3) is 0 Å². The number of carboxylic acids is 1. The number of ketones is 1. The molecule has 2 rings (SSSR count). The molecule has 0 amide bonds. The average Bonchev–Trinajstić information content (AvgIpc) is 2.91. The van der Waals surface area contributed by atoms with Crippen LogP contribution in [0.25, 0.3) is 0 Å². The second-order valence-corrected chi connectivity index (χ2v) is 16.6. The van der Waals surface area contributed by atoms with E-state index in [4.69, 9.17) is 4.43 Å². The van der Waals surface area contributed by atoms with Crippen LogP contribution in [0.1, 0.15) is 92.9 Å². The van der Waals surface area contributed by atoms with Crippen LogP contribution in [-0.2, 0) is 14.0 Å². The van der Waals surface area contributed by atoms with Gasteiger partial charge >= 0.3 is 5.97 Å². The normalized spacial score (nSPS) is 31.2. The van der Waals surface area contributed by atoms with E-state index in [1.807, 2.05) is 0 Å². The van der Waals surface area contributed by atoms with Gasteiger partial charge in [0.2, 0.25) is 0 Å². The lowest BCUT2D eigenvalue weighted by molar-refractivity contribution is -0.155. The lowest BCUT2D eigenvalue weighted by Crippen LogP contribution is -2.52. The summed E-state index contributed by atoms with van der Waals surface area (Å²) in [6.07, 6.45) is 7.56. The Morgan fingerprint density at radius 3 is 2.45 bits per heavy atom. The van der Waals surface area contributed by atoms with Gasteiger partial charge < -0.3 is 9.53 Å². The molecule has 1 N–H and O–H groups in total. The van der Waals surface area contributed by atoms with Crippen LogP contribution >= 0.6 is 0 Å². The van der Waals surface area contributed by atoms with E-state index in [-0.39, 0.29) is 16.4 Å². The van der Waals surface area contributed by atoms with Gasteiger partial charge in [0, 0.05) is 12.3 Å². The zero-order valence-electron chi connectivity index (χ0n) is 20.1. The number of hydrogen-bond acceptors (Lipinski definition) is 3. The van der Waals surface area contributed by atoms with Gasteiger partial charge in [-0.05, 0) is 80.8 Å². The number of hydrogen-bond donors (Lipinski definition) is 1. The third kappa shape index (κ3) is 4.98. The van der Waals surface area contributed by atoms with Gasteiger partial charge in [-0.1, -0.05) is 41.0 Å². The molecule has 0 aromatic carbocycles. The first-order chi connectivity index (χ1) is 13.1. The molecule has 0 aromatic rings. The molecule has 2 aliphatic rings. The van der Waals surface area contributed by atoms with E-state index in [9.17, 15) is 14.7 Å². The lowest BCUT2D eigenvalue weighted by atomic mass is 9.62. The maximum absolute atomic E-state index is 12.4. The number of rotatable bonds is 8. The highest BCUT2D eigenvalue weighted by Gasteiger charge is 2.52. The van der Waals surface area contributed by atoms with Crippen LogP contribution in [0.4, 0.5) is 0 Å². The Bertz CT molecular complexity index is 623. The predicted octanol–water partition coefficient (Wildman–Crippen LogP) is 6.44. The fourth-order valence-electron chi connectivity index (χ4n) is 5.79. The smallest absolute Gasteiger partial charge is 0.334 e. The molecule has 2 aliphatic carbocycles. The first-order valence-electron chi connectivity index (χ1n) is 11.6. The van der Waals surface area contributed by atoms with E-state index in [2.05, 4.69) is 47.7 Å². The molecule has 0 spiro atoms. The minimum absolute atomic E-state index is 0.0159. The van der Waals surface area contributed by atoms with Crippen molar-refractivity contribution in [1.29, 1.82) is 0 Å². The number of carboxylic acid groups (broad SMARTS) is 1. The van der Waals surface area contributed by atoms with Crippen molar-refractivity contribution in [2.75, 3.05) is 0 Å². The highest BCUT2D eigenvalue weighted by Crippen LogP contribution is 2.57. The number of carbonyl (C=O) groups excluding carboxylic acids is 1. The first-order valence-corrected chi connectivity index (χ1v) is 14.5. The second-order valence-electron chi connectivity index (χ2n) is 11.8. The van der Waals surface area contributed by atoms with Crippen LogP contribution in [0.5, 0.6) is 0 Å². The summed E-state index contributed by atoms with van der Waals surface area (Å²) < 4.78 is 6.37. The zero-order valence-corrected chi connectivity index (χ0v) is 21.1. The highest BCUT2D eigenvalue weighted by atomic mass is 28.4. The molecule has 1 unspecified atom stereocenters. The molecular weight excluding hydrogens is 380 g/mol. The Balaban J connectivity index is 1.99. The number of fused-ring (bicyclic) bond motifs is 1. The van der Waals surface area contributed by atoms with Crippen LogP contribution in [-0.4, -0.2) is 30.8 Å². The van der Waals surface area contributed by atoms with E-state index in [0.29, 0.717) is 24.0 Å². The van der Waals surface area contributed by atoms with Gasteiger partial charge in [0.1, 0.15) is 5.78 Å². The largest absolute Gasteiger partial charge is 0.479 e. The van der Waals surface area contributed by atoms with Crippen LogP contribution in [0, 0.1) is 23.2 Å². The molecule has 168 valence electrons. The molecular formula is C24H44O4Si. The van der Waals surface area contributed by atoms with Crippen molar-refractivity contribution in [3.8, 4) is 0 Å². The molecule has 5 heteroatoms. The summed E-state index contributed by atoms with van der Waals surface area (Å²) in [6, 6.07) is 0. The summed E-state index contributed by atoms with van der Waals surface area (Å²) in [6.45, 7) is 17.1. The molecule has 2 fully saturated rings. The van der Waals surface area contributed by atoms with Gasteiger partial charge in [-0.3, -0.25) is 4.79 Å². The maximum Gasteiger partial charge on any atom is 0.334 e. The van der Waals surface area contributed by atoms with Gasteiger partial charge in [-0.15, -0.1) is 0 Å². The molecule has 0 heterocycles. The summed E-state index contributed by atoms with van der Waals surface area (Å²) in [4.78, 5) is 24.5. The fraction of sp³-hybridized carbons (Fsp3) is 0.917. The molecule has 2 saturated carbocycles. The Hall–Kier alpha value is -0.683. The topological polar surface area (TPSA) is 63.6 Å². The van der Waals surface area contributed by atoms with Crippen molar-refractivity contribution < 1.29 is 19.1 Å². The molecule has 29 heavy (non-hydrogen) atoms. The van der Waals surface area contributed by atoms with Crippen LogP contribution < -0.4 is 0 Å². The third-order valence-electron chi connectivity index (χ3n) is 8.68. The average molecular weight is 425 g/mol. The van der Waals surface area contributed by atoms with E-state index < -0.39 is 19.9 Å². The summed E-state index contributed by atoms with van der Waals surface area (Å²) in [5.41, 5.74) is -0.964. The Labute approximate surface area is 179 Å². The standard InChI is InChI=1S/C24H44O4Si/c1-17(18-13-14-19-20(25)12-10-15-23(18,19)5)11-9-16-24(6,21(26)27)28-29(7,8)22(2,3)4/h17-19H,9-16H2,1-8H3,(H,26,27)/t17-,18-,19?,23-,24-/m1/s1. The molecule has 0 aliphatic heterocycles. The molecule has 0 saturated heterocycles. The van der Waals surface area contributed by atoms with Gasteiger partial charge in [0.05, 0.1) is 0 Å². The van der Waals surface area contributed by atoms with Crippen LogP contribution in [0.3, 0.4) is 0 Å². The predicted molar refractivity (Wildman–Crippen MR) is 121 cm³/mol. The Kier molecular flexibility index (Phi) is 7.16. The molecule has 4 nitrogen and oxygen atoms in total. The Morgan fingerprint density at radius 1 is 1.28 bits per heavy atom. The quantitative estimate of drug-likeness (QED) is 0.455. The fourth-order valence-corrected chi connectivity index (χ4v) is 7.41. The summed E-state index contributed by atoms with van der Waals surface area (Å²) >= 11 is 0.